The second-order valence-corrected chi connectivity index (χ2v) is 6.84. The molecule has 26 heavy (non-hydrogen) atoms. The van der Waals surface area contributed by atoms with Gasteiger partial charge in [0.2, 0.25) is 5.95 Å². The molecule has 0 bridgehead atoms. The van der Waals surface area contributed by atoms with E-state index in [1.807, 2.05) is 31.2 Å². The van der Waals surface area contributed by atoms with Crippen LogP contribution in [-0.2, 0) is 6.54 Å². The van der Waals surface area contributed by atoms with Crippen molar-refractivity contribution in [3.63, 3.8) is 0 Å². The van der Waals surface area contributed by atoms with Crippen molar-refractivity contribution >= 4 is 23.5 Å². The van der Waals surface area contributed by atoms with Crippen LogP contribution in [0, 0.1) is 6.92 Å². The van der Waals surface area contributed by atoms with Crippen molar-refractivity contribution in [3.8, 4) is 0 Å². The fraction of sp³-hybridized carbons (Fsp3) is 0.421. The van der Waals surface area contributed by atoms with Gasteiger partial charge in [0.05, 0.1) is 11.3 Å². The SMILES string of the molecule is CCN1CCN(c2ncc(C(=O)NCc3ccc(Cl)cc3)c(C)n2)CC1. The molecule has 1 aromatic carbocycles. The van der Waals surface area contributed by atoms with E-state index in [-0.39, 0.29) is 5.91 Å². The van der Waals surface area contributed by atoms with Crippen molar-refractivity contribution in [1.29, 1.82) is 0 Å². The summed E-state index contributed by atoms with van der Waals surface area (Å²) >= 11 is 5.88. The van der Waals surface area contributed by atoms with Gasteiger partial charge in [0.25, 0.3) is 5.91 Å². The van der Waals surface area contributed by atoms with Crippen molar-refractivity contribution in [3.05, 3.63) is 52.3 Å². The lowest BCUT2D eigenvalue weighted by Gasteiger charge is -2.34. The number of anilines is 1. The normalized spacial score (nSPS) is 15.1. The number of amides is 1. The van der Waals surface area contributed by atoms with Gasteiger partial charge in [-0.05, 0) is 31.2 Å². The molecule has 2 aromatic rings. The molecule has 1 amide bonds. The lowest BCUT2D eigenvalue weighted by molar-refractivity contribution is 0.0949. The van der Waals surface area contributed by atoms with Crippen LogP contribution in [0.3, 0.4) is 0 Å². The molecule has 0 atom stereocenters. The number of carbonyl (C=O) groups is 1. The van der Waals surface area contributed by atoms with E-state index >= 15 is 0 Å². The quantitative estimate of drug-likeness (QED) is 0.872. The Morgan fingerprint density at radius 2 is 1.88 bits per heavy atom. The van der Waals surface area contributed by atoms with E-state index in [2.05, 4.69) is 32.0 Å². The lowest BCUT2D eigenvalue weighted by Crippen LogP contribution is -2.46. The fourth-order valence-electron chi connectivity index (χ4n) is 2.97. The fourth-order valence-corrected chi connectivity index (χ4v) is 3.10. The molecule has 1 N–H and O–H groups in total. The van der Waals surface area contributed by atoms with Gasteiger partial charge in [0.1, 0.15) is 0 Å². The van der Waals surface area contributed by atoms with Crippen LogP contribution in [0.1, 0.15) is 28.5 Å². The number of nitrogens with zero attached hydrogens (tertiary/aromatic N) is 4. The number of likely N-dealkylation sites (N-methyl/N-ethyl adjacent to an activating group) is 1. The maximum Gasteiger partial charge on any atom is 0.254 e. The minimum Gasteiger partial charge on any atom is -0.348 e. The molecule has 0 saturated carbocycles. The zero-order valence-electron chi connectivity index (χ0n) is 15.2. The van der Waals surface area contributed by atoms with Crippen LogP contribution in [0.15, 0.2) is 30.5 Å². The molecule has 0 radical (unpaired) electrons. The van der Waals surface area contributed by atoms with Crippen molar-refractivity contribution < 1.29 is 4.79 Å². The van der Waals surface area contributed by atoms with E-state index in [0.717, 1.165) is 38.3 Å². The Morgan fingerprint density at radius 1 is 1.19 bits per heavy atom. The van der Waals surface area contributed by atoms with Gasteiger partial charge >= 0.3 is 0 Å². The summed E-state index contributed by atoms with van der Waals surface area (Å²) < 4.78 is 0. The molecule has 1 aromatic heterocycles. The van der Waals surface area contributed by atoms with Crippen molar-refractivity contribution in [2.75, 3.05) is 37.6 Å². The summed E-state index contributed by atoms with van der Waals surface area (Å²) in [5.41, 5.74) is 2.20. The summed E-state index contributed by atoms with van der Waals surface area (Å²) in [6.45, 7) is 9.39. The van der Waals surface area contributed by atoms with Gasteiger partial charge in [-0.2, -0.15) is 0 Å². The molecule has 0 unspecified atom stereocenters. The van der Waals surface area contributed by atoms with Gasteiger partial charge in [0, 0.05) is 43.9 Å². The molecule has 3 rings (SSSR count). The van der Waals surface area contributed by atoms with Crippen molar-refractivity contribution in [1.82, 2.24) is 20.2 Å². The number of rotatable bonds is 5. The molecule has 1 saturated heterocycles. The van der Waals surface area contributed by atoms with E-state index in [1.165, 1.54) is 0 Å². The maximum absolute atomic E-state index is 12.4. The largest absolute Gasteiger partial charge is 0.348 e. The van der Waals surface area contributed by atoms with Crippen LogP contribution in [0.25, 0.3) is 0 Å². The number of nitrogens with one attached hydrogen (secondary N) is 1. The average molecular weight is 374 g/mol. The number of carbonyl (C=O) groups excluding carboxylic acids is 1. The highest BCUT2D eigenvalue weighted by molar-refractivity contribution is 6.30. The highest BCUT2D eigenvalue weighted by atomic mass is 35.5. The van der Waals surface area contributed by atoms with Crippen molar-refractivity contribution in [2.45, 2.75) is 20.4 Å². The van der Waals surface area contributed by atoms with Gasteiger partial charge in [-0.1, -0.05) is 30.7 Å². The molecule has 6 nitrogen and oxygen atoms in total. The first-order chi connectivity index (χ1) is 12.6. The first-order valence-electron chi connectivity index (χ1n) is 8.90. The van der Waals surface area contributed by atoms with Crippen LogP contribution in [0.2, 0.25) is 5.02 Å². The first kappa shape index (κ1) is 18.6. The minimum atomic E-state index is -0.167. The monoisotopic (exact) mass is 373 g/mol. The molecular formula is C19H24ClN5O. The molecule has 138 valence electrons. The van der Waals surface area contributed by atoms with E-state index < -0.39 is 0 Å². The lowest BCUT2D eigenvalue weighted by atomic mass is 10.2. The third-order valence-electron chi connectivity index (χ3n) is 4.68. The summed E-state index contributed by atoms with van der Waals surface area (Å²) in [4.78, 5) is 26.0. The van der Waals surface area contributed by atoms with Crippen LogP contribution in [0.5, 0.6) is 0 Å². The molecule has 0 aliphatic carbocycles. The Bertz CT molecular complexity index is 757. The zero-order valence-corrected chi connectivity index (χ0v) is 16.0. The maximum atomic E-state index is 12.4. The van der Waals surface area contributed by atoms with Gasteiger partial charge in [0.15, 0.2) is 0 Å². The molecule has 1 fully saturated rings. The Morgan fingerprint density at radius 3 is 2.50 bits per heavy atom. The third kappa shape index (κ3) is 4.51. The summed E-state index contributed by atoms with van der Waals surface area (Å²) in [7, 11) is 0. The predicted molar refractivity (Wildman–Crippen MR) is 104 cm³/mol. The van der Waals surface area contributed by atoms with Crippen molar-refractivity contribution in [2.24, 2.45) is 0 Å². The Kier molecular flexibility index (Phi) is 6.06. The number of hydrogen-bond acceptors (Lipinski definition) is 5. The Balaban J connectivity index is 1.61. The van der Waals surface area contributed by atoms with E-state index in [0.29, 0.717) is 28.8 Å². The highest BCUT2D eigenvalue weighted by Crippen LogP contribution is 2.14. The molecule has 0 spiro atoms. The second-order valence-electron chi connectivity index (χ2n) is 6.40. The zero-order chi connectivity index (χ0) is 18.5. The first-order valence-corrected chi connectivity index (χ1v) is 9.28. The molecular weight excluding hydrogens is 350 g/mol. The summed E-state index contributed by atoms with van der Waals surface area (Å²) in [6.07, 6.45) is 1.63. The van der Waals surface area contributed by atoms with Crippen LogP contribution >= 0.6 is 11.6 Å². The summed E-state index contributed by atoms with van der Waals surface area (Å²) in [6, 6.07) is 7.41. The number of piperazine rings is 1. The molecule has 1 aliphatic heterocycles. The second kappa shape index (κ2) is 8.47. The summed E-state index contributed by atoms with van der Waals surface area (Å²) in [5, 5.41) is 3.59. The van der Waals surface area contributed by atoms with E-state index in [9.17, 15) is 4.79 Å². The number of benzene rings is 1. The van der Waals surface area contributed by atoms with Gasteiger partial charge in [-0.25, -0.2) is 9.97 Å². The smallest absolute Gasteiger partial charge is 0.254 e. The summed E-state index contributed by atoms with van der Waals surface area (Å²) in [5.74, 6) is 0.535. The van der Waals surface area contributed by atoms with E-state index in [4.69, 9.17) is 11.6 Å². The molecule has 2 heterocycles. The number of halogens is 1. The van der Waals surface area contributed by atoms with Gasteiger partial charge in [-0.3, -0.25) is 4.79 Å². The topological polar surface area (TPSA) is 61.4 Å². The van der Waals surface area contributed by atoms with Crippen LogP contribution < -0.4 is 10.2 Å². The van der Waals surface area contributed by atoms with E-state index in [1.54, 1.807) is 6.20 Å². The highest BCUT2D eigenvalue weighted by Gasteiger charge is 2.19. The third-order valence-corrected chi connectivity index (χ3v) is 4.93. The number of aromatic nitrogens is 2. The Labute approximate surface area is 159 Å². The van der Waals surface area contributed by atoms with Gasteiger partial charge < -0.3 is 15.1 Å². The van der Waals surface area contributed by atoms with Crippen LogP contribution in [0.4, 0.5) is 5.95 Å². The number of aryl methyl sites for hydroxylation is 1. The van der Waals surface area contributed by atoms with Crippen LogP contribution in [-0.4, -0.2) is 53.5 Å². The average Bonchev–Trinajstić information content (AvgIpc) is 2.67. The minimum absolute atomic E-state index is 0.167. The Hall–Kier alpha value is -2.18. The number of hydrogen-bond donors (Lipinski definition) is 1. The van der Waals surface area contributed by atoms with Gasteiger partial charge in [-0.15, -0.1) is 0 Å². The molecule has 7 heteroatoms. The standard InChI is InChI=1S/C19H24ClN5O/c1-3-24-8-10-25(11-9-24)19-22-13-17(14(2)23-19)18(26)21-12-15-4-6-16(20)7-5-15/h4-7,13H,3,8-12H2,1-2H3,(H,21,26). The predicted octanol–water partition coefficient (Wildman–Crippen LogP) is 2.51. The molecule has 1 aliphatic rings.